The maximum atomic E-state index is 12.4. The molecule has 6 heteroatoms. The topological polar surface area (TPSA) is 57.6 Å². The standard InChI is InChI=1S/C11H19NO3S2/c1-4-6-12(9(2)3)17(14,15)11-5-7-16-10(11)8-13/h5,7,9,13H,4,6,8H2,1-3H3. The van der Waals surface area contributed by atoms with E-state index in [9.17, 15) is 8.42 Å². The molecule has 1 N–H and O–H groups in total. The molecule has 1 heterocycles. The van der Waals surface area contributed by atoms with Crippen molar-refractivity contribution in [2.45, 2.75) is 44.7 Å². The van der Waals surface area contributed by atoms with E-state index in [0.717, 1.165) is 6.42 Å². The first-order chi connectivity index (χ1) is 7.95. The Bertz CT molecular complexity index is 451. The smallest absolute Gasteiger partial charge is 0.244 e. The molecule has 98 valence electrons. The van der Waals surface area contributed by atoms with Gasteiger partial charge in [0, 0.05) is 17.5 Å². The van der Waals surface area contributed by atoms with Crippen LogP contribution in [0.25, 0.3) is 0 Å². The van der Waals surface area contributed by atoms with Crippen molar-refractivity contribution < 1.29 is 13.5 Å². The number of aliphatic hydroxyl groups is 1. The molecule has 0 radical (unpaired) electrons. The summed E-state index contributed by atoms with van der Waals surface area (Å²) in [5.41, 5.74) is 0. The van der Waals surface area contributed by atoms with Gasteiger partial charge in [0.05, 0.1) is 11.5 Å². The minimum atomic E-state index is -3.48. The van der Waals surface area contributed by atoms with Crippen LogP contribution in [0.4, 0.5) is 0 Å². The van der Waals surface area contributed by atoms with E-state index in [1.165, 1.54) is 15.6 Å². The van der Waals surface area contributed by atoms with Crippen LogP contribution in [0, 0.1) is 0 Å². The van der Waals surface area contributed by atoms with Gasteiger partial charge in [-0.15, -0.1) is 11.3 Å². The van der Waals surface area contributed by atoms with Crippen molar-refractivity contribution in [3.05, 3.63) is 16.3 Å². The Morgan fingerprint density at radius 2 is 2.12 bits per heavy atom. The molecule has 0 aliphatic carbocycles. The SMILES string of the molecule is CCCN(C(C)C)S(=O)(=O)c1ccsc1CO. The summed E-state index contributed by atoms with van der Waals surface area (Å²) in [5.74, 6) is 0. The quantitative estimate of drug-likeness (QED) is 0.866. The zero-order chi connectivity index (χ0) is 13.1. The highest BCUT2D eigenvalue weighted by molar-refractivity contribution is 7.89. The lowest BCUT2D eigenvalue weighted by Gasteiger charge is -2.25. The van der Waals surface area contributed by atoms with Crippen LogP contribution < -0.4 is 0 Å². The fourth-order valence-electron chi connectivity index (χ4n) is 1.68. The molecule has 0 atom stereocenters. The van der Waals surface area contributed by atoms with E-state index in [4.69, 9.17) is 5.11 Å². The Morgan fingerprint density at radius 1 is 1.47 bits per heavy atom. The van der Waals surface area contributed by atoms with E-state index in [0.29, 0.717) is 11.4 Å². The molecule has 0 aliphatic heterocycles. The van der Waals surface area contributed by atoms with Gasteiger partial charge in [0.2, 0.25) is 10.0 Å². The van der Waals surface area contributed by atoms with Crippen molar-refractivity contribution in [2.24, 2.45) is 0 Å². The van der Waals surface area contributed by atoms with E-state index >= 15 is 0 Å². The molecule has 1 aromatic rings. The molecule has 0 unspecified atom stereocenters. The third-order valence-electron chi connectivity index (χ3n) is 2.45. The molecule has 1 aromatic heterocycles. The molecule has 0 bridgehead atoms. The van der Waals surface area contributed by atoms with E-state index in [2.05, 4.69) is 0 Å². The van der Waals surface area contributed by atoms with Crippen LogP contribution in [-0.2, 0) is 16.6 Å². The van der Waals surface area contributed by atoms with Crippen LogP contribution >= 0.6 is 11.3 Å². The van der Waals surface area contributed by atoms with Gasteiger partial charge < -0.3 is 5.11 Å². The summed E-state index contributed by atoms with van der Waals surface area (Å²) >= 11 is 1.27. The molecule has 1 rings (SSSR count). The van der Waals surface area contributed by atoms with Gasteiger partial charge in [-0.1, -0.05) is 6.92 Å². The molecular formula is C11H19NO3S2. The van der Waals surface area contributed by atoms with Crippen molar-refractivity contribution in [2.75, 3.05) is 6.54 Å². The minimum absolute atomic E-state index is 0.0774. The van der Waals surface area contributed by atoms with Crippen LogP contribution in [0.3, 0.4) is 0 Å². The highest BCUT2D eigenvalue weighted by atomic mass is 32.2. The molecule has 0 saturated heterocycles. The second kappa shape index (κ2) is 5.95. The average molecular weight is 277 g/mol. The van der Waals surface area contributed by atoms with Crippen molar-refractivity contribution in [1.29, 1.82) is 0 Å². The van der Waals surface area contributed by atoms with Gasteiger partial charge in [-0.2, -0.15) is 4.31 Å². The highest BCUT2D eigenvalue weighted by Gasteiger charge is 2.28. The number of rotatable bonds is 6. The van der Waals surface area contributed by atoms with Gasteiger partial charge in [0.25, 0.3) is 0 Å². The maximum absolute atomic E-state index is 12.4. The molecule has 4 nitrogen and oxygen atoms in total. The largest absolute Gasteiger partial charge is 0.391 e. The van der Waals surface area contributed by atoms with Crippen LogP contribution in [0.2, 0.25) is 0 Å². The summed E-state index contributed by atoms with van der Waals surface area (Å²) in [5, 5.41) is 10.8. The first-order valence-corrected chi connectivity index (χ1v) is 7.96. The number of nitrogens with zero attached hydrogens (tertiary/aromatic N) is 1. The Labute approximate surface area is 107 Å². The Kier molecular flexibility index (Phi) is 5.12. The first kappa shape index (κ1) is 14.6. The summed E-state index contributed by atoms with van der Waals surface area (Å²) in [6.07, 6.45) is 0.774. The van der Waals surface area contributed by atoms with Gasteiger partial charge in [-0.25, -0.2) is 8.42 Å². The predicted molar refractivity (Wildman–Crippen MR) is 69.6 cm³/mol. The lowest BCUT2D eigenvalue weighted by atomic mass is 10.4. The van der Waals surface area contributed by atoms with E-state index in [1.54, 1.807) is 11.4 Å². The van der Waals surface area contributed by atoms with Crippen LogP contribution in [-0.4, -0.2) is 30.4 Å². The number of hydrogen-bond donors (Lipinski definition) is 1. The van der Waals surface area contributed by atoms with Gasteiger partial charge in [0.1, 0.15) is 0 Å². The first-order valence-electron chi connectivity index (χ1n) is 5.64. The van der Waals surface area contributed by atoms with Gasteiger partial charge in [-0.3, -0.25) is 0 Å². The second-order valence-corrected chi connectivity index (χ2v) is 6.94. The third-order valence-corrected chi connectivity index (χ3v) is 5.65. The maximum Gasteiger partial charge on any atom is 0.244 e. The van der Waals surface area contributed by atoms with Crippen molar-refractivity contribution in [3.63, 3.8) is 0 Å². The lowest BCUT2D eigenvalue weighted by Crippen LogP contribution is -2.37. The number of sulfonamides is 1. The van der Waals surface area contributed by atoms with E-state index < -0.39 is 10.0 Å². The van der Waals surface area contributed by atoms with Crippen molar-refractivity contribution in [1.82, 2.24) is 4.31 Å². The number of thiophene rings is 1. The zero-order valence-corrected chi connectivity index (χ0v) is 12.0. The summed E-state index contributed by atoms with van der Waals surface area (Å²) in [4.78, 5) is 0.749. The number of hydrogen-bond acceptors (Lipinski definition) is 4. The normalized spacial score (nSPS) is 12.6. The molecule has 0 saturated carbocycles. The van der Waals surface area contributed by atoms with E-state index in [-0.39, 0.29) is 17.5 Å². The van der Waals surface area contributed by atoms with E-state index in [1.807, 2.05) is 20.8 Å². The Balaban J connectivity index is 3.16. The summed E-state index contributed by atoms with van der Waals surface area (Å²) < 4.78 is 26.3. The monoisotopic (exact) mass is 277 g/mol. The van der Waals surface area contributed by atoms with Crippen LogP contribution in [0.15, 0.2) is 16.3 Å². The molecular weight excluding hydrogens is 258 g/mol. The summed E-state index contributed by atoms with van der Waals surface area (Å²) in [6, 6.07) is 1.49. The Hall–Kier alpha value is -0.430. The molecule has 0 aromatic carbocycles. The fourth-order valence-corrected chi connectivity index (χ4v) is 4.67. The molecule has 0 spiro atoms. The molecule has 0 aliphatic rings. The number of aliphatic hydroxyl groups excluding tert-OH is 1. The Morgan fingerprint density at radius 3 is 2.59 bits per heavy atom. The highest BCUT2D eigenvalue weighted by Crippen LogP contribution is 2.26. The third kappa shape index (κ3) is 3.07. The molecule has 17 heavy (non-hydrogen) atoms. The molecule has 0 amide bonds. The fraction of sp³-hybridized carbons (Fsp3) is 0.636. The van der Waals surface area contributed by atoms with Crippen LogP contribution in [0.5, 0.6) is 0 Å². The predicted octanol–water partition coefficient (Wildman–Crippen LogP) is 2.05. The van der Waals surface area contributed by atoms with Crippen molar-refractivity contribution in [3.8, 4) is 0 Å². The summed E-state index contributed by atoms with van der Waals surface area (Å²) in [6.45, 7) is 5.94. The average Bonchev–Trinajstić information content (AvgIpc) is 2.73. The summed E-state index contributed by atoms with van der Waals surface area (Å²) in [7, 11) is -3.48. The van der Waals surface area contributed by atoms with Crippen molar-refractivity contribution >= 4 is 21.4 Å². The van der Waals surface area contributed by atoms with Gasteiger partial charge in [0.15, 0.2) is 0 Å². The lowest BCUT2D eigenvalue weighted by molar-refractivity contribution is 0.281. The van der Waals surface area contributed by atoms with Crippen LogP contribution in [0.1, 0.15) is 32.1 Å². The second-order valence-electron chi connectivity index (χ2n) is 4.08. The minimum Gasteiger partial charge on any atom is -0.391 e. The van der Waals surface area contributed by atoms with Gasteiger partial charge >= 0.3 is 0 Å². The zero-order valence-electron chi connectivity index (χ0n) is 10.4. The molecule has 0 fully saturated rings. The van der Waals surface area contributed by atoms with Gasteiger partial charge in [-0.05, 0) is 31.7 Å².